The summed E-state index contributed by atoms with van der Waals surface area (Å²) >= 11 is 5.20. The lowest BCUT2D eigenvalue weighted by molar-refractivity contribution is -0.111. The molecule has 0 spiro atoms. The number of hydrogen-bond donors (Lipinski definition) is 0. The molecule has 13 heavy (non-hydrogen) atoms. The van der Waals surface area contributed by atoms with E-state index in [-0.39, 0.29) is 5.24 Å². The molecule has 1 aromatic rings. The highest BCUT2D eigenvalue weighted by atomic mass is 35.5. The van der Waals surface area contributed by atoms with E-state index in [1.54, 1.807) is 0 Å². The van der Waals surface area contributed by atoms with Crippen molar-refractivity contribution < 1.29 is 9.21 Å². The third-order valence-electron chi connectivity index (χ3n) is 1.84. The van der Waals surface area contributed by atoms with Crippen LogP contribution < -0.4 is 0 Å². The Hall–Kier alpha value is -0.760. The Morgan fingerprint density at radius 3 is 2.77 bits per heavy atom. The van der Waals surface area contributed by atoms with E-state index in [0.29, 0.717) is 6.42 Å². The standard InChI is InChI=1S/C10H13ClO2/c1-8-6-7-9(13-8)4-2-3-5-10(11)12/h6-7H,2-5H2,1H3. The van der Waals surface area contributed by atoms with Gasteiger partial charge in [0.2, 0.25) is 5.24 Å². The van der Waals surface area contributed by atoms with Crippen molar-refractivity contribution in [3.63, 3.8) is 0 Å². The van der Waals surface area contributed by atoms with Crippen LogP contribution in [-0.4, -0.2) is 5.24 Å². The lowest BCUT2D eigenvalue weighted by Gasteiger charge is -1.95. The van der Waals surface area contributed by atoms with Crippen LogP contribution in [0.4, 0.5) is 0 Å². The first kappa shape index (κ1) is 10.3. The number of carbonyl (C=O) groups excluding carboxylic acids is 1. The van der Waals surface area contributed by atoms with Gasteiger partial charge in [0.15, 0.2) is 0 Å². The number of halogens is 1. The van der Waals surface area contributed by atoms with E-state index < -0.39 is 0 Å². The van der Waals surface area contributed by atoms with Crippen LogP contribution >= 0.6 is 11.6 Å². The van der Waals surface area contributed by atoms with E-state index in [0.717, 1.165) is 30.8 Å². The first-order valence-corrected chi connectivity index (χ1v) is 4.80. The second kappa shape index (κ2) is 5.07. The summed E-state index contributed by atoms with van der Waals surface area (Å²) in [7, 11) is 0. The lowest BCUT2D eigenvalue weighted by Crippen LogP contribution is -1.88. The fourth-order valence-electron chi connectivity index (χ4n) is 1.18. The average molecular weight is 201 g/mol. The minimum absolute atomic E-state index is 0.254. The number of carbonyl (C=O) groups is 1. The Labute approximate surface area is 82.9 Å². The predicted octanol–water partition coefficient (Wildman–Crippen LogP) is 3.07. The Kier molecular flexibility index (Phi) is 4.03. The van der Waals surface area contributed by atoms with Crippen LogP contribution in [0.1, 0.15) is 30.8 Å². The molecule has 0 atom stereocenters. The van der Waals surface area contributed by atoms with Gasteiger partial charge in [0.25, 0.3) is 0 Å². The van der Waals surface area contributed by atoms with Crippen LogP contribution in [0.3, 0.4) is 0 Å². The summed E-state index contributed by atoms with van der Waals surface area (Å²) in [6.07, 6.45) is 3.13. The summed E-state index contributed by atoms with van der Waals surface area (Å²) in [5.74, 6) is 1.92. The highest BCUT2D eigenvalue weighted by molar-refractivity contribution is 6.63. The molecule has 0 aliphatic heterocycles. The molecule has 0 fully saturated rings. The maximum Gasteiger partial charge on any atom is 0.221 e. The van der Waals surface area contributed by atoms with Gasteiger partial charge in [-0.25, -0.2) is 0 Å². The second-order valence-electron chi connectivity index (χ2n) is 3.07. The van der Waals surface area contributed by atoms with Crippen molar-refractivity contribution in [1.82, 2.24) is 0 Å². The molecule has 0 aliphatic carbocycles. The van der Waals surface area contributed by atoms with Crippen LogP contribution in [0, 0.1) is 6.92 Å². The molecule has 2 nitrogen and oxygen atoms in total. The molecule has 0 aliphatic rings. The minimum Gasteiger partial charge on any atom is -0.466 e. The zero-order valence-corrected chi connectivity index (χ0v) is 8.43. The fourth-order valence-corrected chi connectivity index (χ4v) is 1.32. The summed E-state index contributed by atoms with van der Waals surface area (Å²) in [5, 5.41) is -0.254. The molecule has 0 radical (unpaired) electrons. The molecule has 0 saturated heterocycles. The van der Waals surface area contributed by atoms with Gasteiger partial charge >= 0.3 is 0 Å². The maximum atomic E-state index is 10.4. The molecular weight excluding hydrogens is 188 g/mol. The highest BCUT2D eigenvalue weighted by Gasteiger charge is 2.00. The van der Waals surface area contributed by atoms with Crippen molar-refractivity contribution in [3.8, 4) is 0 Å². The molecule has 0 bridgehead atoms. The molecule has 0 N–H and O–H groups in total. The van der Waals surface area contributed by atoms with Crippen LogP contribution in [0.5, 0.6) is 0 Å². The van der Waals surface area contributed by atoms with Gasteiger partial charge in [-0.15, -0.1) is 0 Å². The summed E-state index contributed by atoms with van der Waals surface area (Å²) in [4.78, 5) is 10.4. The maximum absolute atomic E-state index is 10.4. The minimum atomic E-state index is -0.254. The third-order valence-corrected chi connectivity index (χ3v) is 2.03. The van der Waals surface area contributed by atoms with E-state index in [4.69, 9.17) is 16.0 Å². The Morgan fingerprint density at radius 2 is 2.23 bits per heavy atom. The molecule has 0 aromatic carbocycles. The zero-order chi connectivity index (χ0) is 9.68. The molecule has 72 valence electrons. The SMILES string of the molecule is Cc1ccc(CCCCC(=O)Cl)o1. The monoisotopic (exact) mass is 200 g/mol. The van der Waals surface area contributed by atoms with E-state index in [1.165, 1.54) is 0 Å². The fraction of sp³-hybridized carbons (Fsp3) is 0.500. The molecule has 0 saturated carbocycles. The number of hydrogen-bond acceptors (Lipinski definition) is 2. The van der Waals surface area contributed by atoms with Crippen LogP contribution in [0.15, 0.2) is 16.5 Å². The van der Waals surface area contributed by atoms with Crippen molar-refractivity contribution >= 4 is 16.8 Å². The van der Waals surface area contributed by atoms with E-state index >= 15 is 0 Å². The van der Waals surface area contributed by atoms with Crippen molar-refractivity contribution in [1.29, 1.82) is 0 Å². The first-order chi connectivity index (χ1) is 6.18. The van der Waals surface area contributed by atoms with Gasteiger partial charge in [-0.05, 0) is 43.5 Å². The predicted molar refractivity (Wildman–Crippen MR) is 51.9 cm³/mol. The number of furan rings is 1. The second-order valence-corrected chi connectivity index (χ2v) is 3.50. The summed E-state index contributed by atoms with van der Waals surface area (Å²) in [6, 6.07) is 3.92. The Balaban J connectivity index is 2.16. The number of rotatable bonds is 5. The molecule has 1 rings (SSSR count). The average Bonchev–Trinajstić information content (AvgIpc) is 2.45. The summed E-state index contributed by atoms with van der Waals surface area (Å²) in [5.41, 5.74) is 0. The Bertz CT molecular complexity index is 278. The van der Waals surface area contributed by atoms with Crippen molar-refractivity contribution in [2.75, 3.05) is 0 Å². The largest absolute Gasteiger partial charge is 0.466 e. The molecule has 1 heterocycles. The van der Waals surface area contributed by atoms with Gasteiger partial charge in [0.05, 0.1) is 0 Å². The smallest absolute Gasteiger partial charge is 0.221 e. The highest BCUT2D eigenvalue weighted by Crippen LogP contribution is 2.10. The number of unbranched alkanes of at least 4 members (excludes halogenated alkanes) is 1. The summed E-state index contributed by atoms with van der Waals surface area (Å²) < 4.78 is 5.37. The molecule has 0 unspecified atom stereocenters. The van der Waals surface area contributed by atoms with Crippen LogP contribution in [-0.2, 0) is 11.2 Å². The van der Waals surface area contributed by atoms with Crippen LogP contribution in [0.2, 0.25) is 0 Å². The Morgan fingerprint density at radius 1 is 1.46 bits per heavy atom. The van der Waals surface area contributed by atoms with E-state index in [2.05, 4.69) is 0 Å². The number of aryl methyl sites for hydroxylation is 2. The van der Waals surface area contributed by atoms with Gasteiger partial charge in [-0.2, -0.15) is 0 Å². The lowest BCUT2D eigenvalue weighted by atomic mass is 10.2. The molecular formula is C10H13ClO2. The van der Waals surface area contributed by atoms with Crippen molar-refractivity contribution in [2.45, 2.75) is 32.6 Å². The van der Waals surface area contributed by atoms with E-state index in [9.17, 15) is 4.79 Å². The van der Waals surface area contributed by atoms with Gasteiger partial charge in [-0.1, -0.05) is 0 Å². The normalized spacial score (nSPS) is 10.3. The molecule has 3 heteroatoms. The van der Waals surface area contributed by atoms with Gasteiger partial charge in [0.1, 0.15) is 11.5 Å². The summed E-state index contributed by atoms with van der Waals surface area (Å²) in [6.45, 7) is 1.92. The third kappa shape index (κ3) is 4.13. The van der Waals surface area contributed by atoms with E-state index in [1.807, 2.05) is 19.1 Å². The molecule has 0 amide bonds. The van der Waals surface area contributed by atoms with Gasteiger partial charge in [0, 0.05) is 12.8 Å². The van der Waals surface area contributed by atoms with Gasteiger partial charge < -0.3 is 4.42 Å². The quantitative estimate of drug-likeness (QED) is 0.540. The van der Waals surface area contributed by atoms with Crippen LogP contribution in [0.25, 0.3) is 0 Å². The first-order valence-electron chi connectivity index (χ1n) is 4.42. The molecule has 1 aromatic heterocycles. The topological polar surface area (TPSA) is 30.2 Å². The van der Waals surface area contributed by atoms with Gasteiger partial charge in [-0.3, -0.25) is 4.79 Å². The van der Waals surface area contributed by atoms with Crippen molar-refractivity contribution in [2.24, 2.45) is 0 Å². The zero-order valence-electron chi connectivity index (χ0n) is 7.68. The van der Waals surface area contributed by atoms with Crippen molar-refractivity contribution in [3.05, 3.63) is 23.7 Å².